The van der Waals surface area contributed by atoms with Crippen LogP contribution in [0.3, 0.4) is 0 Å². The molecular weight excluding hydrogens is 563 g/mol. The van der Waals surface area contributed by atoms with Gasteiger partial charge < -0.3 is 4.90 Å². The fourth-order valence-electron chi connectivity index (χ4n) is 6.36. The van der Waals surface area contributed by atoms with Crippen molar-refractivity contribution in [1.29, 1.82) is 0 Å². The minimum Gasteiger partial charge on any atom is -0.342 e. The van der Waals surface area contributed by atoms with Gasteiger partial charge in [0.15, 0.2) is 0 Å². The molecule has 0 radical (unpaired) electrons. The second kappa shape index (κ2) is 9.92. The van der Waals surface area contributed by atoms with Crippen LogP contribution < -0.4 is 10.2 Å². The van der Waals surface area contributed by atoms with Crippen LogP contribution in [0.4, 0.5) is 18.9 Å². The van der Waals surface area contributed by atoms with Crippen LogP contribution >= 0.6 is 0 Å². The molecule has 0 aliphatic carbocycles. The minimum absolute atomic E-state index is 0.167. The molecule has 1 unspecified atom stereocenters. The molecule has 2 fully saturated rings. The highest BCUT2D eigenvalue weighted by Gasteiger charge is 2.55. The molecule has 43 heavy (non-hydrogen) atoms. The monoisotopic (exact) mass is 595 g/mol. The summed E-state index contributed by atoms with van der Waals surface area (Å²) >= 11 is 0. The van der Waals surface area contributed by atoms with Gasteiger partial charge in [-0.15, -0.1) is 0 Å². The van der Waals surface area contributed by atoms with Crippen LogP contribution in [-0.4, -0.2) is 63.6 Å². The predicted molar refractivity (Wildman–Crippen MR) is 151 cm³/mol. The highest BCUT2D eigenvalue weighted by atomic mass is 19.4. The Morgan fingerprint density at radius 2 is 1.81 bits per heavy atom. The van der Waals surface area contributed by atoms with Gasteiger partial charge in [0.25, 0.3) is 5.91 Å². The van der Waals surface area contributed by atoms with E-state index in [1.165, 1.54) is 9.80 Å². The Hall–Kier alpha value is -4.22. The number of piperidine rings is 2. The first-order valence-electron chi connectivity index (χ1n) is 14.3. The van der Waals surface area contributed by atoms with Crippen molar-refractivity contribution in [1.82, 2.24) is 20.0 Å². The quantitative estimate of drug-likeness (QED) is 0.443. The molecule has 2 aromatic carbocycles. The number of hydrogen-bond donors (Lipinski definition) is 1. The highest BCUT2D eigenvalue weighted by Crippen LogP contribution is 2.42. The molecule has 3 aromatic rings. The summed E-state index contributed by atoms with van der Waals surface area (Å²) in [5, 5.41) is 8.59. The normalized spacial score (nSPS) is 20.6. The number of halogens is 3. The zero-order valence-electron chi connectivity index (χ0n) is 24.1. The average molecular weight is 596 g/mol. The number of carbonyl (C=O) groups excluding carboxylic acids is 4. The van der Waals surface area contributed by atoms with Crippen LogP contribution in [0.15, 0.2) is 42.7 Å². The molecule has 1 atom stereocenters. The van der Waals surface area contributed by atoms with Gasteiger partial charge in [0, 0.05) is 43.1 Å². The van der Waals surface area contributed by atoms with Gasteiger partial charge in [-0.2, -0.15) is 18.3 Å². The SMILES string of the molecule is CC1(n2cc(Cc3ccc4c5c(cccc35)C(=O)N4C3CCC(=O)NC3=O)cn2)CCN(C(=O)C(C)(C)C(F)(F)F)CC1. The van der Waals surface area contributed by atoms with E-state index in [-0.39, 0.29) is 37.7 Å². The van der Waals surface area contributed by atoms with E-state index in [1.807, 2.05) is 42.1 Å². The van der Waals surface area contributed by atoms with Crippen molar-refractivity contribution >= 4 is 40.1 Å². The molecule has 4 heterocycles. The number of nitrogens with one attached hydrogen (secondary N) is 1. The molecule has 4 amide bonds. The summed E-state index contributed by atoms with van der Waals surface area (Å²) in [4.78, 5) is 53.2. The number of hydrogen-bond acceptors (Lipinski definition) is 5. The molecule has 1 N–H and O–H groups in total. The largest absolute Gasteiger partial charge is 0.402 e. The third-order valence-electron chi connectivity index (χ3n) is 9.29. The summed E-state index contributed by atoms with van der Waals surface area (Å²) in [6.45, 7) is 4.25. The molecule has 9 nitrogen and oxygen atoms in total. The van der Waals surface area contributed by atoms with Crippen LogP contribution in [0.25, 0.3) is 10.8 Å². The molecule has 0 spiro atoms. The first-order chi connectivity index (χ1) is 20.2. The Morgan fingerprint density at radius 1 is 1.09 bits per heavy atom. The van der Waals surface area contributed by atoms with Crippen molar-refractivity contribution < 1.29 is 32.3 Å². The van der Waals surface area contributed by atoms with Crippen LogP contribution in [0.1, 0.15) is 67.9 Å². The van der Waals surface area contributed by atoms with E-state index < -0.39 is 35.0 Å². The maximum absolute atomic E-state index is 13.4. The molecular formula is C31H32F3N5O4. The van der Waals surface area contributed by atoms with Gasteiger partial charge in [0.05, 0.1) is 17.4 Å². The summed E-state index contributed by atoms with van der Waals surface area (Å²) in [5.74, 6) is -2.00. The molecule has 226 valence electrons. The van der Waals surface area contributed by atoms with E-state index in [4.69, 9.17) is 0 Å². The highest BCUT2D eigenvalue weighted by molar-refractivity contribution is 6.27. The smallest absolute Gasteiger partial charge is 0.342 e. The lowest BCUT2D eigenvalue weighted by Crippen LogP contribution is -2.53. The van der Waals surface area contributed by atoms with Gasteiger partial charge in [-0.3, -0.25) is 34.1 Å². The first-order valence-corrected chi connectivity index (χ1v) is 14.3. The van der Waals surface area contributed by atoms with Gasteiger partial charge in [0.2, 0.25) is 17.7 Å². The number of aromatic nitrogens is 2. The number of nitrogens with zero attached hydrogens (tertiary/aromatic N) is 4. The summed E-state index contributed by atoms with van der Waals surface area (Å²) < 4.78 is 42.1. The fraction of sp³-hybridized carbons (Fsp3) is 0.452. The predicted octanol–water partition coefficient (Wildman–Crippen LogP) is 4.32. The number of likely N-dealkylation sites (tertiary alicyclic amines) is 1. The van der Waals surface area contributed by atoms with Gasteiger partial charge in [0.1, 0.15) is 11.5 Å². The zero-order valence-corrected chi connectivity index (χ0v) is 24.1. The molecule has 3 aliphatic heterocycles. The molecule has 1 aromatic heterocycles. The van der Waals surface area contributed by atoms with E-state index in [0.29, 0.717) is 30.5 Å². The van der Waals surface area contributed by atoms with Crippen molar-refractivity contribution in [3.05, 3.63) is 59.4 Å². The van der Waals surface area contributed by atoms with E-state index in [9.17, 15) is 32.3 Å². The Balaban J connectivity index is 1.21. The van der Waals surface area contributed by atoms with Crippen LogP contribution in [0.2, 0.25) is 0 Å². The third kappa shape index (κ3) is 4.67. The maximum atomic E-state index is 13.4. The number of amides is 4. The third-order valence-corrected chi connectivity index (χ3v) is 9.29. The second-order valence-corrected chi connectivity index (χ2v) is 12.5. The van der Waals surface area contributed by atoms with Crippen LogP contribution in [0, 0.1) is 5.41 Å². The lowest BCUT2D eigenvalue weighted by molar-refractivity contribution is -0.218. The van der Waals surface area contributed by atoms with Gasteiger partial charge >= 0.3 is 6.18 Å². The first kappa shape index (κ1) is 28.9. The number of anilines is 1. The van der Waals surface area contributed by atoms with Gasteiger partial charge in [-0.05, 0) is 68.7 Å². The molecule has 3 aliphatic rings. The number of imide groups is 1. The Morgan fingerprint density at radius 3 is 2.49 bits per heavy atom. The maximum Gasteiger partial charge on any atom is 0.402 e. The van der Waals surface area contributed by atoms with E-state index in [0.717, 1.165) is 35.7 Å². The van der Waals surface area contributed by atoms with Crippen LogP contribution in [0.5, 0.6) is 0 Å². The topological polar surface area (TPSA) is 105 Å². The molecule has 2 saturated heterocycles. The van der Waals surface area contributed by atoms with Gasteiger partial charge in [-0.1, -0.05) is 18.2 Å². The Kier molecular flexibility index (Phi) is 6.66. The zero-order chi connectivity index (χ0) is 30.9. The Bertz CT molecular complexity index is 1670. The number of carbonyl (C=O) groups is 4. The summed E-state index contributed by atoms with van der Waals surface area (Å²) in [6, 6.07) is 8.53. The van der Waals surface area contributed by atoms with E-state index in [2.05, 4.69) is 10.4 Å². The van der Waals surface area contributed by atoms with E-state index in [1.54, 1.807) is 12.3 Å². The van der Waals surface area contributed by atoms with Crippen molar-refractivity contribution in [3.63, 3.8) is 0 Å². The molecule has 0 saturated carbocycles. The average Bonchev–Trinajstić information content (AvgIpc) is 3.54. The van der Waals surface area contributed by atoms with Gasteiger partial charge in [-0.25, -0.2) is 0 Å². The van der Waals surface area contributed by atoms with Crippen molar-refractivity contribution in [2.24, 2.45) is 5.41 Å². The Labute approximate surface area is 246 Å². The van der Waals surface area contributed by atoms with Crippen molar-refractivity contribution in [2.45, 2.75) is 70.6 Å². The van der Waals surface area contributed by atoms with E-state index >= 15 is 0 Å². The summed E-state index contributed by atoms with van der Waals surface area (Å²) in [7, 11) is 0. The standard InChI is InChI=1S/C31H32F3N5O4/c1-29(2,31(32,33)34)28(43)37-13-11-30(3,12-14-37)38-17-18(16-35-38)15-19-7-8-22-25-20(19)5-4-6-21(25)27(42)39(22)23-9-10-24(40)36-26(23)41/h4-8,16-17,23H,9-15H2,1-3H3,(H,36,40,41). The lowest BCUT2D eigenvalue weighted by atomic mass is 9.86. The molecule has 6 rings (SSSR count). The van der Waals surface area contributed by atoms with Crippen molar-refractivity contribution in [3.8, 4) is 0 Å². The summed E-state index contributed by atoms with van der Waals surface area (Å²) in [6.07, 6.45) is 0.952. The number of benzene rings is 2. The second-order valence-electron chi connectivity index (χ2n) is 12.5. The minimum atomic E-state index is -4.62. The van der Waals surface area contributed by atoms with Crippen LogP contribution in [-0.2, 0) is 26.3 Å². The summed E-state index contributed by atoms with van der Waals surface area (Å²) in [5.41, 5.74) is 0.143. The lowest BCUT2D eigenvalue weighted by Gasteiger charge is -2.42. The number of rotatable bonds is 5. The molecule has 0 bridgehead atoms. The molecule has 12 heteroatoms. The number of alkyl halides is 3. The van der Waals surface area contributed by atoms with Crippen molar-refractivity contribution in [2.75, 3.05) is 18.0 Å². The fourth-order valence-corrected chi connectivity index (χ4v) is 6.36.